The molecule has 0 atom stereocenters. The summed E-state index contributed by atoms with van der Waals surface area (Å²) in [6.45, 7) is 0. The normalized spacial score (nSPS) is 10.7. The van der Waals surface area contributed by atoms with E-state index in [1.807, 2.05) is 30.5 Å². The van der Waals surface area contributed by atoms with Gasteiger partial charge in [0.25, 0.3) is 0 Å². The number of aryl methyl sites for hydroxylation is 1. The summed E-state index contributed by atoms with van der Waals surface area (Å²) in [5, 5.41) is 1.12. The molecule has 0 saturated heterocycles. The lowest BCUT2D eigenvalue weighted by Crippen LogP contribution is -2.08. The van der Waals surface area contributed by atoms with Crippen molar-refractivity contribution in [1.82, 2.24) is 4.98 Å². The first-order chi connectivity index (χ1) is 10.2. The minimum Gasteiger partial charge on any atom is -0.427 e. The van der Waals surface area contributed by atoms with Gasteiger partial charge in [-0.3, -0.25) is 4.79 Å². The first-order valence-electron chi connectivity index (χ1n) is 6.73. The van der Waals surface area contributed by atoms with E-state index in [1.165, 1.54) is 24.3 Å². The highest BCUT2D eigenvalue weighted by atomic mass is 19.1. The molecule has 0 unspecified atom stereocenters. The topological polar surface area (TPSA) is 42.1 Å². The first-order valence-corrected chi connectivity index (χ1v) is 6.73. The number of aromatic amines is 1. The van der Waals surface area contributed by atoms with Gasteiger partial charge in [-0.15, -0.1) is 0 Å². The molecule has 2 aromatic carbocycles. The molecule has 0 aliphatic carbocycles. The third-order valence-electron chi connectivity index (χ3n) is 3.32. The Hall–Kier alpha value is -2.62. The Morgan fingerprint density at radius 1 is 1.10 bits per heavy atom. The van der Waals surface area contributed by atoms with Crippen LogP contribution in [0.2, 0.25) is 0 Å². The number of nitrogens with one attached hydrogen (secondary N) is 1. The van der Waals surface area contributed by atoms with Gasteiger partial charge in [0.05, 0.1) is 6.42 Å². The van der Waals surface area contributed by atoms with Crippen LogP contribution in [0.4, 0.5) is 4.39 Å². The van der Waals surface area contributed by atoms with Gasteiger partial charge in [-0.25, -0.2) is 4.39 Å². The van der Waals surface area contributed by atoms with E-state index in [0.29, 0.717) is 12.2 Å². The number of esters is 1. The first kappa shape index (κ1) is 13.4. The van der Waals surface area contributed by atoms with Crippen LogP contribution in [0.1, 0.15) is 12.0 Å². The number of halogens is 1. The van der Waals surface area contributed by atoms with Gasteiger partial charge >= 0.3 is 5.97 Å². The number of carbonyl (C=O) groups is 1. The fraction of sp³-hybridized carbons (Fsp3) is 0.118. The Bertz CT molecular complexity index is 762. The van der Waals surface area contributed by atoms with E-state index in [-0.39, 0.29) is 18.2 Å². The molecule has 0 radical (unpaired) electrons. The van der Waals surface area contributed by atoms with Gasteiger partial charge in [0.1, 0.15) is 11.6 Å². The molecule has 0 saturated carbocycles. The van der Waals surface area contributed by atoms with Crippen LogP contribution in [-0.4, -0.2) is 11.0 Å². The molecule has 3 rings (SSSR count). The summed E-state index contributed by atoms with van der Waals surface area (Å²) in [6, 6.07) is 13.4. The number of hydrogen-bond donors (Lipinski definition) is 1. The minimum atomic E-state index is -0.353. The summed E-state index contributed by atoms with van der Waals surface area (Å²) in [7, 11) is 0. The summed E-state index contributed by atoms with van der Waals surface area (Å²) in [5.41, 5.74) is 2.14. The zero-order chi connectivity index (χ0) is 14.7. The second-order valence-electron chi connectivity index (χ2n) is 4.79. The zero-order valence-electron chi connectivity index (χ0n) is 11.3. The van der Waals surface area contributed by atoms with Crippen molar-refractivity contribution in [1.29, 1.82) is 0 Å². The lowest BCUT2D eigenvalue weighted by molar-refractivity contribution is -0.134. The monoisotopic (exact) mass is 283 g/mol. The number of ether oxygens (including phenoxy) is 1. The lowest BCUT2D eigenvalue weighted by Gasteiger charge is -2.04. The summed E-state index contributed by atoms with van der Waals surface area (Å²) in [6.07, 6.45) is 2.79. The van der Waals surface area contributed by atoms with Gasteiger partial charge < -0.3 is 9.72 Å². The van der Waals surface area contributed by atoms with Gasteiger partial charge in [0.15, 0.2) is 0 Å². The molecule has 0 bridgehead atoms. The van der Waals surface area contributed by atoms with Crippen molar-refractivity contribution in [3.8, 4) is 5.75 Å². The Kier molecular flexibility index (Phi) is 3.69. The Balaban J connectivity index is 1.62. The highest BCUT2D eigenvalue weighted by Gasteiger charge is 2.08. The second-order valence-corrected chi connectivity index (χ2v) is 4.79. The number of aromatic nitrogens is 1. The number of benzene rings is 2. The molecule has 0 aliphatic heterocycles. The fourth-order valence-electron chi connectivity index (χ4n) is 2.26. The van der Waals surface area contributed by atoms with E-state index in [4.69, 9.17) is 4.74 Å². The number of hydrogen-bond acceptors (Lipinski definition) is 2. The molecule has 21 heavy (non-hydrogen) atoms. The molecule has 1 aromatic heterocycles. The molecule has 3 aromatic rings. The summed E-state index contributed by atoms with van der Waals surface area (Å²) in [5.74, 6) is -0.319. The molecule has 1 N–H and O–H groups in total. The molecule has 4 heteroatoms. The SMILES string of the molecule is O=C(CCc1c[nH]c2ccccc12)Oc1ccc(F)cc1. The molecule has 0 amide bonds. The smallest absolute Gasteiger partial charge is 0.311 e. The van der Waals surface area contributed by atoms with Crippen LogP contribution >= 0.6 is 0 Å². The van der Waals surface area contributed by atoms with Crippen molar-refractivity contribution in [2.24, 2.45) is 0 Å². The van der Waals surface area contributed by atoms with Crippen molar-refractivity contribution in [2.75, 3.05) is 0 Å². The third-order valence-corrected chi connectivity index (χ3v) is 3.32. The number of H-pyrrole nitrogens is 1. The number of fused-ring (bicyclic) bond motifs is 1. The van der Waals surface area contributed by atoms with Crippen LogP contribution in [0, 0.1) is 5.82 Å². The maximum absolute atomic E-state index is 12.8. The lowest BCUT2D eigenvalue weighted by atomic mass is 10.1. The van der Waals surface area contributed by atoms with Crippen molar-refractivity contribution in [3.05, 3.63) is 66.1 Å². The molecule has 1 heterocycles. The highest BCUT2D eigenvalue weighted by Crippen LogP contribution is 2.19. The minimum absolute atomic E-state index is 0.277. The standard InChI is InChI=1S/C17H14FNO2/c18-13-6-8-14(9-7-13)21-17(20)10-5-12-11-19-16-4-2-1-3-15(12)16/h1-4,6-9,11,19H,5,10H2. The predicted octanol–water partition coefficient (Wildman–Crippen LogP) is 3.85. The molecular weight excluding hydrogens is 269 g/mol. The number of para-hydroxylation sites is 1. The Labute approximate surface area is 121 Å². The van der Waals surface area contributed by atoms with Gasteiger partial charge in [0.2, 0.25) is 0 Å². The average molecular weight is 283 g/mol. The van der Waals surface area contributed by atoms with Crippen molar-refractivity contribution in [2.45, 2.75) is 12.8 Å². The third kappa shape index (κ3) is 3.11. The van der Waals surface area contributed by atoms with Crippen molar-refractivity contribution >= 4 is 16.9 Å². The van der Waals surface area contributed by atoms with E-state index in [2.05, 4.69) is 4.98 Å². The van der Waals surface area contributed by atoms with E-state index in [0.717, 1.165) is 16.5 Å². The largest absolute Gasteiger partial charge is 0.427 e. The number of carbonyl (C=O) groups excluding carboxylic acids is 1. The van der Waals surface area contributed by atoms with Gasteiger partial charge in [-0.2, -0.15) is 0 Å². The quantitative estimate of drug-likeness (QED) is 0.584. The molecule has 3 nitrogen and oxygen atoms in total. The van der Waals surface area contributed by atoms with Gasteiger partial charge in [0, 0.05) is 17.1 Å². The molecule has 0 fully saturated rings. The Morgan fingerprint density at radius 2 is 1.86 bits per heavy atom. The number of rotatable bonds is 4. The van der Waals surface area contributed by atoms with E-state index in [1.54, 1.807) is 0 Å². The summed E-state index contributed by atoms with van der Waals surface area (Å²) < 4.78 is 17.9. The van der Waals surface area contributed by atoms with Crippen LogP contribution in [0.5, 0.6) is 5.75 Å². The van der Waals surface area contributed by atoms with Gasteiger partial charge in [-0.1, -0.05) is 18.2 Å². The maximum atomic E-state index is 12.8. The van der Waals surface area contributed by atoms with Gasteiger partial charge in [-0.05, 0) is 42.3 Å². The zero-order valence-corrected chi connectivity index (χ0v) is 11.3. The van der Waals surface area contributed by atoms with Crippen LogP contribution in [-0.2, 0) is 11.2 Å². The molecule has 106 valence electrons. The average Bonchev–Trinajstić information content (AvgIpc) is 2.91. The predicted molar refractivity (Wildman–Crippen MR) is 78.7 cm³/mol. The van der Waals surface area contributed by atoms with Crippen molar-refractivity contribution in [3.63, 3.8) is 0 Å². The summed E-state index contributed by atoms with van der Waals surface area (Å²) >= 11 is 0. The van der Waals surface area contributed by atoms with Crippen LogP contribution < -0.4 is 4.74 Å². The summed E-state index contributed by atoms with van der Waals surface area (Å²) in [4.78, 5) is 15.0. The van der Waals surface area contributed by atoms with E-state index in [9.17, 15) is 9.18 Å². The molecular formula is C17H14FNO2. The van der Waals surface area contributed by atoms with Crippen LogP contribution in [0.3, 0.4) is 0 Å². The molecule has 0 aliphatic rings. The molecule has 0 spiro atoms. The maximum Gasteiger partial charge on any atom is 0.311 e. The van der Waals surface area contributed by atoms with E-state index < -0.39 is 0 Å². The van der Waals surface area contributed by atoms with Crippen molar-refractivity contribution < 1.29 is 13.9 Å². The van der Waals surface area contributed by atoms with Crippen LogP contribution in [0.25, 0.3) is 10.9 Å². The van der Waals surface area contributed by atoms with E-state index >= 15 is 0 Å². The fourth-order valence-corrected chi connectivity index (χ4v) is 2.26. The van der Waals surface area contributed by atoms with Crippen LogP contribution in [0.15, 0.2) is 54.7 Å². The highest BCUT2D eigenvalue weighted by molar-refractivity contribution is 5.83. The Morgan fingerprint density at radius 3 is 2.67 bits per heavy atom. The second kappa shape index (κ2) is 5.79.